The van der Waals surface area contributed by atoms with Crippen molar-refractivity contribution in [3.05, 3.63) is 0 Å². The lowest BCUT2D eigenvalue weighted by Crippen LogP contribution is -2.55. The van der Waals surface area contributed by atoms with Crippen molar-refractivity contribution >= 4 is 29.9 Å². The van der Waals surface area contributed by atoms with E-state index in [-0.39, 0.29) is 29.5 Å². The van der Waals surface area contributed by atoms with Crippen LogP contribution in [0, 0.1) is 0 Å². The number of likely N-dealkylation sites (tertiary alicyclic amines) is 2. The first-order valence-electron chi connectivity index (χ1n) is 9.99. The van der Waals surface area contributed by atoms with E-state index in [1.807, 2.05) is 7.05 Å². The zero-order chi connectivity index (χ0) is 18.1. The molecule has 0 aromatic heterocycles. The largest absolute Gasteiger partial charge is 0.383 e. The Morgan fingerprint density at radius 2 is 1.85 bits per heavy atom. The third kappa shape index (κ3) is 7.48. The molecule has 2 aliphatic rings. The van der Waals surface area contributed by atoms with Crippen molar-refractivity contribution in [1.82, 2.24) is 20.4 Å². The minimum atomic E-state index is 0. The van der Waals surface area contributed by atoms with Crippen molar-refractivity contribution in [3.63, 3.8) is 0 Å². The van der Waals surface area contributed by atoms with Gasteiger partial charge in [0.2, 0.25) is 0 Å². The van der Waals surface area contributed by atoms with Gasteiger partial charge < -0.3 is 15.4 Å². The van der Waals surface area contributed by atoms with Gasteiger partial charge >= 0.3 is 0 Å². The Morgan fingerprint density at radius 3 is 2.50 bits per heavy atom. The molecule has 0 aliphatic carbocycles. The van der Waals surface area contributed by atoms with Crippen LogP contribution in [0.3, 0.4) is 0 Å². The topological polar surface area (TPSA) is 52.1 Å². The van der Waals surface area contributed by atoms with Crippen molar-refractivity contribution in [3.8, 4) is 0 Å². The summed E-state index contributed by atoms with van der Waals surface area (Å²) in [4.78, 5) is 9.56. The Labute approximate surface area is 177 Å². The normalized spacial score (nSPS) is 22.9. The highest BCUT2D eigenvalue weighted by molar-refractivity contribution is 14.0. The molecule has 1 atom stereocenters. The molecule has 6 nitrogen and oxygen atoms in total. The number of nitrogens with zero attached hydrogens (tertiary/aromatic N) is 3. The van der Waals surface area contributed by atoms with Crippen LogP contribution >= 0.6 is 24.0 Å². The predicted molar refractivity (Wildman–Crippen MR) is 121 cm³/mol. The number of ether oxygens (including phenoxy) is 1. The van der Waals surface area contributed by atoms with Crippen molar-refractivity contribution in [2.24, 2.45) is 4.99 Å². The van der Waals surface area contributed by atoms with E-state index in [2.05, 4.69) is 39.3 Å². The van der Waals surface area contributed by atoms with Gasteiger partial charge in [-0.15, -0.1) is 24.0 Å². The van der Waals surface area contributed by atoms with Crippen molar-refractivity contribution in [1.29, 1.82) is 0 Å². The number of halogens is 1. The Morgan fingerprint density at radius 1 is 1.12 bits per heavy atom. The fourth-order valence-corrected chi connectivity index (χ4v) is 3.98. The van der Waals surface area contributed by atoms with Crippen molar-refractivity contribution in [2.45, 2.75) is 57.5 Å². The number of piperidine rings is 1. The highest BCUT2D eigenvalue weighted by Crippen LogP contribution is 2.20. The second kappa shape index (κ2) is 12.4. The van der Waals surface area contributed by atoms with Crippen LogP contribution in [0.1, 0.15) is 46.0 Å². The Hall–Kier alpha value is -0.120. The van der Waals surface area contributed by atoms with Gasteiger partial charge in [0, 0.05) is 45.4 Å². The number of nitrogens with one attached hydrogen (secondary N) is 2. The van der Waals surface area contributed by atoms with Gasteiger partial charge in [-0.3, -0.25) is 14.8 Å². The van der Waals surface area contributed by atoms with E-state index < -0.39 is 0 Å². The first-order valence-corrected chi connectivity index (χ1v) is 9.99. The molecular formula is C19H40IN5O. The molecule has 2 aliphatic heterocycles. The van der Waals surface area contributed by atoms with Gasteiger partial charge in [-0.2, -0.15) is 0 Å². The molecule has 0 aromatic rings. The van der Waals surface area contributed by atoms with Crippen LogP contribution in [0.15, 0.2) is 4.99 Å². The fourth-order valence-electron chi connectivity index (χ4n) is 3.98. The minimum Gasteiger partial charge on any atom is -0.383 e. The first kappa shape index (κ1) is 23.9. The molecule has 0 spiro atoms. The van der Waals surface area contributed by atoms with E-state index >= 15 is 0 Å². The molecule has 2 fully saturated rings. The maximum Gasteiger partial charge on any atom is 0.191 e. The van der Waals surface area contributed by atoms with Gasteiger partial charge in [-0.1, -0.05) is 6.42 Å². The lowest BCUT2D eigenvalue weighted by molar-refractivity contribution is 0.0981. The van der Waals surface area contributed by atoms with E-state index in [9.17, 15) is 0 Å². The second-order valence-corrected chi connectivity index (χ2v) is 7.99. The molecule has 0 saturated carbocycles. The standard InChI is InChI=1S/C19H39N5O.HI/c1-19(2,24-11-6-5-7-12-24)16-22-18(20-3)21-15-17-9-8-10-23(17)13-14-25-4;/h17H,5-16H2,1-4H3,(H2,20,21,22);1H. The molecule has 154 valence electrons. The van der Waals surface area contributed by atoms with Crippen LogP contribution < -0.4 is 10.6 Å². The van der Waals surface area contributed by atoms with Gasteiger partial charge in [0.1, 0.15) is 0 Å². The lowest BCUT2D eigenvalue weighted by Gasteiger charge is -2.41. The van der Waals surface area contributed by atoms with Crippen LogP contribution in [-0.2, 0) is 4.74 Å². The minimum absolute atomic E-state index is 0. The monoisotopic (exact) mass is 481 g/mol. The number of methoxy groups -OCH3 is 1. The van der Waals surface area contributed by atoms with Gasteiger partial charge in [0.05, 0.1) is 6.61 Å². The summed E-state index contributed by atoms with van der Waals surface area (Å²) in [6.07, 6.45) is 6.58. The highest BCUT2D eigenvalue weighted by Gasteiger charge is 2.28. The molecular weight excluding hydrogens is 441 g/mol. The summed E-state index contributed by atoms with van der Waals surface area (Å²) in [7, 11) is 3.64. The summed E-state index contributed by atoms with van der Waals surface area (Å²) in [5.41, 5.74) is 0.163. The zero-order valence-corrected chi connectivity index (χ0v) is 19.6. The van der Waals surface area contributed by atoms with Gasteiger partial charge in [-0.25, -0.2) is 0 Å². The lowest BCUT2D eigenvalue weighted by atomic mass is 9.98. The van der Waals surface area contributed by atoms with Crippen LogP contribution in [0.5, 0.6) is 0 Å². The SMILES string of the molecule is CN=C(NCC1CCCN1CCOC)NCC(C)(C)N1CCCCC1.I. The Bertz CT molecular complexity index is 413. The molecule has 2 heterocycles. The molecule has 2 N–H and O–H groups in total. The van der Waals surface area contributed by atoms with E-state index in [0.29, 0.717) is 6.04 Å². The summed E-state index contributed by atoms with van der Waals surface area (Å²) in [5, 5.41) is 7.07. The second-order valence-electron chi connectivity index (χ2n) is 7.99. The summed E-state index contributed by atoms with van der Waals surface area (Å²) in [6.45, 7) is 12.0. The van der Waals surface area contributed by atoms with Crippen LogP contribution in [0.4, 0.5) is 0 Å². The average molecular weight is 481 g/mol. The summed E-state index contributed by atoms with van der Waals surface area (Å²) in [6, 6.07) is 0.587. The molecule has 2 rings (SSSR count). The van der Waals surface area contributed by atoms with Crippen molar-refractivity contribution in [2.75, 3.05) is 60.0 Å². The van der Waals surface area contributed by atoms with Crippen LogP contribution in [-0.4, -0.2) is 87.4 Å². The van der Waals surface area contributed by atoms with Gasteiger partial charge in [0.15, 0.2) is 5.96 Å². The highest BCUT2D eigenvalue weighted by atomic mass is 127. The number of guanidine groups is 1. The quantitative estimate of drug-likeness (QED) is 0.316. The fraction of sp³-hybridized carbons (Fsp3) is 0.947. The number of rotatable bonds is 8. The molecule has 7 heteroatoms. The first-order chi connectivity index (χ1) is 12.1. The van der Waals surface area contributed by atoms with E-state index in [0.717, 1.165) is 32.2 Å². The summed E-state index contributed by atoms with van der Waals surface area (Å²) < 4.78 is 5.23. The summed E-state index contributed by atoms with van der Waals surface area (Å²) >= 11 is 0. The third-order valence-electron chi connectivity index (χ3n) is 5.71. The number of hydrogen-bond acceptors (Lipinski definition) is 4. The molecule has 26 heavy (non-hydrogen) atoms. The van der Waals surface area contributed by atoms with Gasteiger partial charge in [-0.05, 0) is 59.2 Å². The van der Waals surface area contributed by atoms with E-state index in [4.69, 9.17) is 4.74 Å². The molecule has 0 radical (unpaired) electrons. The predicted octanol–water partition coefficient (Wildman–Crippen LogP) is 2.14. The number of aliphatic imine (C=N–C) groups is 1. The molecule has 0 amide bonds. The smallest absolute Gasteiger partial charge is 0.191 e. The van der Waals surface area contributed by atoms with E-state index in [1.165, 1.54) is 51.7 Å². The Balaban J connectivity index is 0.00000338. The maximum absolute atomic E-state index is 5.23. The molecule has 2 saturated heterocycles. The van der Waals surface area contributed by atoms with Crippen LogP contribution in [0.25, 0.3) is 0 Å². The van der Waals surface area contributed by atoms with Crippen molar-refractivity contribution < 1.29 is 4.74 Å². The number of hydrogen-bond donors (Lipinski definition) is 2. The van der Waals surface area contributed by atoms with Gasteiger partial charge in [0.25, 0.3) is 0 Å². The van der Waals surface area contributed by atoms with E-state index in [1.54, 1.807) is 7.11 Å². The van der Waals surface area contributed by atoms with Crippen LogP contribution in [0.2, 0.25) is 0 Å². The molecule has 0 aromatic carbocycles. The average Bonchev–Trinajstić information content (AvgIpc) is 3.08. The maximum atomic E-state index is 5.23. The Kier molecular flexibility index (Phi) is 11.4. The molecule has 0 bridgehead atoms. The zero-order valence-electron chi connectivity index (χ0n) is 17.2. The third-order valence-corrected chi connectivity index (χ3v) is 5.71. The summed E-state index contributed by atoms with van der Waals surface area (Å²) in [5.74, 6) is 0.920. The molecule has 1 unspecified atom stereocenters.